The molecule has 0 atom stereocenters. The van der Waals surface area contributed by atoms with Gasteiger partial charge in [-0.05, 0) is 40.9 Å². The second-order valence-electron chi connectivity index (χ2n) is 4.67. The highest BCUT2D eigenvalue weighted by molar-refractivity contribution is 9.10. The summed E-state index contributed by atoms with van der Waals surface area (Å²) >= 11 is 9.48. The van der Waals surface area contributed by atoms with Crippen LogP contribution in [-0.4, -0.2) is 34.4 Å². The monoisotopic (exact) mass is 359 g/mol. The van der Waals surface area contributed by atoms with Crippen molar-refractivity contribution in [1.82, 2.24) is 4.90 Å². The van der Waals surface area contributed by atoms with E-state index in [1.54, 1.807) is 23.1 Å². The van der Waals surface area contributed by atoms with Crippen LogP contribution in [0, 0.1) is 0 Å². The highest BCUT2D eigenvalue weighted by Crippen LogP contribution is 2.32. The Hall–Kier alpha value is -1.27. The number of hydrogen-bond acceptors (Lipinski definition) is 3. The number of oxime groups is 1. The van der Waals surface area contributed by atoms with E-state index in [0.29, 0.717) is 28.0 Å². The SMILES string of the molecule is N/C(CCN(C(=O)c1cccc(Br)c1Cl)C1CC1)=N/O. The summed E-state index contributed by atoms with van der Waals surface area (Å²) in [5.41, 5.74) is 5.93. The van der Waals surface area contributed by atoms with Gasteiger partial charge in [0.15, 0.2) is 0 Å². The first-order chi connectivity index (χ1) is 9.54. The summed E-state index contributed by atoms with van der Waals surface area (Å²) in [7, 11) is 0. The molecular formula is C13H15BrClN3O2. The minimum absolute atomic E-state index is 0.115. The average Bonchev–Trinajstić information content (AvgIpc) is 3.26. The predicted molar refractivity (Wildman–Crippen MR) is 81.2 cm³/mol. The number of amidine groups is 1. The Morgan fingerprint density at radius 1 is 1.55 bits per heavy atom. The van der Waals surface area contributed by atoms with Crippen LogP contribution in [0.2, 0.25) is 5.02 Å². The smallest absolute Gasteiger partial charge is 0.255 e. The summed E-state index contributed by atoms with van der Waals surface area (Å²) in [4.78, 5) is 14.3. The van der Waals surface area contributed by atoms with Crippen LogP contribution in [0.1, 0.15) is 29.6 Å². The van der Waals surface area contributed by atoms with E-state index in [1.165, 1.54) is 0 Å². The molecule has 0 aliphatic heterocycles. The van der Waals surface area contributed by atoms with Gasteiger partial charge < -0.3 is 15.8 Å². The number of nitrogens with two attached hydrogens (primary N) is 1. The van der Waals surface area contributed by atoms with Crippen molar-refractivity contribution < 1.29 is 10.0 Å². The quantitative estimate of drug-likeness (QED) is 0.367. The van der Waals surface area contributed by atoms with E-state index in [-0.39, 0.29) is 17.8 Å². The Morgan fingerprint density at radius 2 is 2.25 bits per heavy atom. The molecule has 1 aliphatic carbocycles. The lowest BCUT2D eigenvalue weighted by atomic mass is 10.2. The molecular weight excluding hydrogens is 346 g/mol. The third-order valence-electron chi connectivity index (χ3n) is 3.17. The summed E-state index contributed by atoms with van der Waals surface area (Å²) in [6.07, 6.45) is 2.30. The molecule has 1 amide bonds. The number of benzene rings is 1. The molecule has 1 fully saturated rings. The number of rotatable bonds is 5. The van der Waals surface area contributed by atoms with E-state index in [2.05, 4.69) is 21.1 Å². The number of hydrogen-bond donors (Lipinski definition) is 2. The summed E-state index contributed by atoms with van der Waals surface area (Å²) in [6.45, 7) is 0.419. The third-order valence-corrected chi connectivity index (χ3v) is 4.46. The van der Waals surface area contributed by atoms with Crippen LogP contribution in [-0.2, 0) is 0 Å². The molecule has 1 saturated carbocycles. The third kappa shape index (κ3) is 3.43. The standard InChI is InChI=1S/C13H15BrClN3O2/c14-10-3-1-2-9(12(10)15)13(19)18(8-4-5-8)7-6-11(16)17-20/h1-3,8,20H,4-7H2,(H2,16,17). The van der Waals surface area contributed by atoms with Gasteiger partial charge in [-0.25, -0.2) is 0 Å². The topological polar surface area (TPSA) is 78.9 Å². The maximum absolute atomic E-state index is 12.6. The Kier molecular flexibility index (Phi) is 4.88. The number of amides is 1. The van der Waals surface area contributed by atoms with Crippen molar-refractivity contribution in [2.24, 2.45) is 10.9 Å². The molecule has 5 nitrogen and oxygen atoms in total. The Labute approximate surface area is 130 Å². The van der Waals surface area contributed by atoms with Crippen LogP contribution < -0.4 is 5.73 Å². The summed E-state index contributed by atoms with van der Waals surface area (Å²) in [5, 5.41) is 11.9. The molecule has 0 spiro atoms. The van der Waals surface area contributed by atoms with Crippen molar-refractivity contribution in [3.63, 3.8) is 0 Å². The minimum atomic E-state index is -0.121. The van der Waals surface area contributed by atoms with Gasteiger partial charge in [0.25, 0.3) is 5.91 Å². The first kappa shape index (κ1) is 15.1. The molecule has 3 N–H and O–H groups in total. The van der Waals surface area contributed by atoms with Gasteiger partial charge in [0, 0.05) is 23.5 Å². The van der Waals surface area contributed by atoms with Gasteiger partial charge in [-0.15, -0.1) is 0 Å². The molecule has 20 heavy (non-hydrogen) atoms. The zero-order valence-corrected chi connectivity index (χ0v) is 13.1. The van der Waals surface area contributed by atoms with Crippen LogP contribution in [0.5, 0.6) is 0 Å². The van der Waals surface area contributed by atoms with Crippen molar-refractivity contribution >= 4 is 39.3 Å². The first-order valence-corrected chi connectivity index (χ1v) is 7.43. The van der Waals surface area contributed by atoms with Gasteiger partial charge >= 0.3 is 0 Å². The van der Waals surface area contributed by atoms with Crippen molar-refractivity contribution in [1.29, 1.82) is 0 Å². The molecule has 0 heterocycles. The summed E-state index contributed by atoms with van der Waals surface area (Å²) in [5.74, 6) is -0.00618. The molecule has 0 unspecified atom stereocenters. The van der Waals surface area contributed by atoms with Crippen molar-refractivity contribution in [2.75, 3.05) is 6.54 Å². The molecule has 0 bridgehead atoms. The van der Waals surface area contributed by atoms with Gasteiger partial charge in [-0.1, -0.05) is 22.8 Å². The number of carbonyl (C=O) groups is 1. The zero-order valence-electron chi connectivity index (χ0n) is 10.7. The molecule has 0 saturated heterocycles. The van der Waals surface area contributed by atoms with Gasteiger partial charge in [-0.2, -0.15) is 0 Å². The van der Waals surface area contributed by atoms with E-state index in [1.807, 2.05) is 0 Å². The molecule has 1 aromatic carbocycles. The lowest BCUT2D eigenvalue weighted by Gasteiger charge is -2.23. The van der Waals surface area contributed by atoms with Crippen LogP contribution in [0.4, 0.5) is 0 Å². The van der Waals surface area contributed by atoms with Gasteiger partial charge in [0.2, 0.25) is 0 Å². The van der Waals surface area contributed by atoms with Gasteiger partial charge in [0.05, 0.1) is 10.6 Å². The normalized spacial score (nSPS) is 15.2. The molecule has 108 valence electrons. The van der Waals surface area contributed by atoms with Crippen LogP contribution in [0.25, 0.3) is 0 Å². The highest BCUT2D eigenvalue weighted by Gasteiger charge is 2.33. The molecule has 7 heteroatoms. The minimum Gasteiger partial charge on any atom is -0.409 e. The van der Waals surface area contributed by atoms with E-state index in [4.69, 9.17) is 22.5 Å². The second-order valence-corrected chi connectivity index (χ2v) is 5.90. The molecule has 2 rings (SSSR count). The lowest BCUT2D eigenvalue weighted by Crippen LogP contribution is -2.36. The van der Waals surface area contributed by atoms with Crippen LogP contribution in [0.3, 0.4) is 0 Å². The average molecular weight is 361 g/mol. The first-order valence-electron chi connectivity index (χ1n) is 6.26. The summed E-state index contributed by atoms with van der Waals surface area (Å²) < 4.78 is 0.692. The Balaban J connectivity index is 2.17. The van der Waals surface area contributed by atoms with Crippen LogP contribution in [0.15, 0.2) is 27.8 Å². The number of halogens is 2. The fraction of sp³-hybridized carbons (Fsp3) is 0.385. The predicted octanol–water partition coefficient (Wildman–Crippen LogP) is 2.84. The lowest BCUT2D eigenvalue weighted by molar-refractivity contribution is 0.0747. The highest BCUT2D eigenvalue weighted by atomic mass is 79.9. The van der Waals surface area contributed by atoms with E-state index in [9.17, 15) is 4.79 Å². The van der Waals surface area contributed by atoms with Crippen molar-refractivity contribution in [2.45, 2.75) is 25.3 Å². The van der Waals surface area contributed by atoms with Gasteiger partial charge in [0.1, 0.15) is 5.84 Å². The Bertz CT molecular complexity index is 546. The fourth-order valence-electron chi connectivity index (χ4n) is 1.94. The van der Waals surface area contributed by atoms with Gasteiger partial charge in [-0.3, -0.25) is 4.79 Å². The number of carbonyl (C=O) groups excluding carboxylic acids is 1. The van der Waals surface area contributed by atoms with Crippen molar-refractivity contribution in [3.8, 4) is 0 Å². The summed E-state index contributed by atoms with van der Waals surface area (Å²) in [6, 6.07) is 5.49. The Morgan fingerprint density at radius 3 is 2.85 bits per heavy atom. The fourth-order valence-corrected chi connectivity index (χ4v) is 2.52. The van der Waals surface area contributed by atoms with Crippen molar-refractivity contribution in [3.05, 3.63) is 33.3 Å². The van der Waals surface area contributed by atoms with Crippen LogP contribution >= 0.6 is 27.5 Å². The van der Waals surface area contributed by atoms with E-state index >= 15 is 0 Å². The van der Waals surface area contributed by atoms with E-state index in [0.717, 1.165) is 12.8 Å². The maximum Gasteiger partial charge on any atom is 0.255 e. The molecule has 0 aromatic heterocycles. The zero-order chi connectivity index (χ0) is 14.7. The number of nitrogens with zero attached hydrogens (tertiary/aromatic N) is 2. The molecule has 1 aromatic rings. The second kappa shape index (κ2) is 6.45. The maximum atomic E-state index is 12.6. The molecule has 0 radical (unpaired) electrons. The van der Waals surface area contributed by atoms with E-state index < -0.39 is 0 Å². The largest absolute Gasteiger partial charge is 0.409 e. The molecule has 1 aliphatic rings.